The summed E-state index contributed by atoms with van der Waals surface area (Å²) in [7, 11) is 0. The lowest BCUT2D eigenvalue weighted by molar-refractivity contribution is -0.124. The number of aromatic nitrogens is 2. The highest BCUT2D eigenvalue weighted by Gasteiger charge is 2.29. The lowest BCUT2D eigenvalue weighted by Gasteiger charge is -2.28. The molecular weight excluding hydrogens is 452 g/mol. The van der Waals surface area contributed by atoms with Crippen LogP contribution in [0.3, 0.4) is 0 Å². The lowest BCUT2D eigenvalue weighted by atomic mass is 9.77. The molecule has 0 bridgehead atoms. The Morgan fingerprint density at radius 3 is 2.52 bits per heavy atom. The summed E-state index contributed by atoms with van der Waals surface area (Å²) < 4.78 is 6.97. The Morgan fingerprint density at radius 1 is 1.06 bits per heavy atom. The number of rotatable bonds is 9. The van der Waals surface area contributed by atoms with Crippen LogP contribution in [0.25, 0.3) is 0 Å². The van der Waals surface area contributed by atoms with Gasteiger partial charge < -0.3 is 9.72 Å². The first-order valence-corrected chi connectivity index (χ1v) is 11.9. The van der Waals surface area contributed by atoms with E-state index in [1.807, 2.05) is 42.6 Å². The number of carbonyl (C=O) groups excluding carboxylic acids is 1. The van der Waals surface area contributed by atoms with Crippen LogP contribution in [0.15, 0.2) is 71.6 Å². The summed E-state index contributed by atoms with van der Waals surface area (Å²) >= 11 is 3.66. The Hall–Kier alpha value is -2.24. The van der Waals surface area contributed by atoms with Gasteiger partial charge in [-0.15, -0.1) is 0 Å². The van der Waals surface area contributed by atoms with E-state index in [2.05, 4.69) is 44.1 Å². The van der Waals surface area contributed by atoms with Gasteiger partial charge in [-0.25, -0.2) is 4.98 Å². The number of hydrogen-bond donors (Lipinski definition) is 1. The molecule has 0 spiro atoms. The van der Waals surface area contributed by atoms with Crippen molar-refractivity contribution in [3.05, 3.63) is 88.4 Å². The van der Waals surface area contributed by atoms with Crippen LogP contribution in [0.2, 0.25) is 0 Å². The number of nitrogens with one attached hydrogen (secondary N) is 1. The van der Waals surface area contributed by atoms with Gasteiger partial charge in [0.2, 0.25) is 0 Å². The number of Topliss-reactive ketones (excluding diaryl/α,β-unsaturated/α-hetero) is 1. The number of ether oxygens (including phenoxy) is 1. The van der Waals surface area contributed by atoms with Crippen molar-refractivity contribution >= 4 is 21.7 Å². The van der Waals surface area contributed by atoms with E-state index in [0.29, 0.717) is 24.7 Å². The van der Waals surface area contributed by atoms with Crippen LogP contribution in [-0.2, 0) is 16.1 Å². The summed E-state index contributed by atoms with van der Waals surface area (Å²) in [6, 6.07) is 18.4. The molecular formula is C26H29BrN2O2. The summed E-state index contributed by atoms with van der Waals surface area (Å²) in [4.78, 5) is 20.6. The Balaban J connectivity index is 1.30. The van der Waals surface area contributed by atoms with Gasteiger partial charge in [0.15, 0.2) is 0 Å². The van der Waals surface area contributed by atoms with Crippen molar-refractivity contribution in [3.63, 3.8) is 0 Å². The fraction of sp³-hybridized carbons (Fsp3) is 0.385. The molecule has 4 nitrogen and oxygen atoms in total. The van der Waals surface area contributed by atoms with Crippen LogP contribution in [0.1, 0.15) is 54.8 Å². The monoisotopic (exact) mass is 480 g/mol. The first-order valence-electron chi connectivity index (χ1n) is 11.1. The molecule has 1 atom stereocenters. The number of hydrogen-bond acceptors (Lipinski definition) is 3. The number of nitrogens with zero attached hydrogens (tertiary/aromatic N) is 1. The zero-order chi connectivity index (χ0) is 21.5. The van der Waals surface area contributed by atoms with Crippen molar-refractivity contribution in [1.29, 1.82) is 0 Å². The predicted octanol–water partition coefficient (Wildman–Crippen LogP) is 6.29. The van der Waals surface area contributed by atoms with Crippen LogP contribution in [0, 0.1) is 11.8 Å². The van der Waals surface area contributed by atoms with Gasteiger partial charge in [0.25, 0.3) is 0 Å². The molecule has 2 aromatic carbocycles. The normalized spacial score (nSPS) is 19.8. The van der Waals surface area contributed by atoms with Gasteiger partial charge in [-0.2, -0.15) is 0 Å². The molecule has 162 valence electrons. The second-order valence-corrected chi connectivity index (χ2v) is 9.32. The quantitative estimate of drug-likeness (QED) is 0.391. The molecule has 1 fully saturated rings. The maximum absolute atomic E-state index is 13.2. The topological polar surface area (TPSA) is 55.0 Å². The molecule has 31 heavy (non-hydrogen) atoms. The molecule has 0 saturated heterocycles. The summed E-state index contributed by atoms with van der Waals surface area (Å²) in [5.41, 5.74) is 3.33. The summed E-state index contributed by atoms with van der Waals surface area (Å²) in [6.45, 7) is 1.45. The van der Waals surface area contributed by atoms with Crippen molar-refractivity contribution in [2.75, 3.05) is 6.61 Å². The molecule has 1 aromatic heterocycles. The predicted molar refractivity (Wildman–Crippen MR) is 126 cm³/mol. The van der Waals surface area contributed by atoms with Crippen LogP contribution < -0.4 is 0 Å². The second kappa shape index (κ2) is 10.9. The summed E-state index contributed by atoms with van der Waals surface area (Å²) in [5.74, 6) is 1.06. The average Bonchev–Trinajstić information content (AvgIpc) is 3.34. The molecule has 1 aliphatic rings. The first-order chi connectivity index (χ1) is 15.2. The van der Waals surface area contributed by atoms with Crippen molar-refractivity contribution in [2.24, 2.45) is 11.8 Å². The highest BCUT2D eigenvalue weighted by Crippen LogP contribution is 2.36. The molecule has 4 rings (SSSR count). The van der Waals surface area contributed by atoms with Gasteiger partial charge in [0, 0.05) is 41.2 Å². The molecule has 1 saturated carbocycles. The average molecular weight is 481 g/mol. The molecule has 1 aliphatic carbocycles. The van der Waals surface area contributed by atoms with E-state index in [4.69, 9.17) is 4.74 Å². The van der Waals surface area contributed by atoms with E-state index in [-0.39, 0.29) is 11.8 Å². The number of imidazole rings is 1. The second-order valence-electron chi connectivity index (χ2n) is 8.47. The van der Waals surface area contributed by atoms with Gasteiger partial charge in [-0.05, 0) is 48.8 Å². The van der Waals surface area contributed by atoms with Crippen molar-refractivity contribution < 1.29 is 9.53 Å². The highest BCUT2D eigenvalue weighted by atomic mass is 79.9. The third-order valence-electron chi connectivity index (χ3n) is 6.35. The van der Waals surface area contributed by atoms with Crippen LogP contribution in [0.4, 0.5) is 0 Å². The number of ketones is 1. The molecule has 3 aromatic rings. The van der Waals surface area contributed by atoms with Gasteiger partial charge in [0.05, 0.1) is 12.9 Å². The van der Waals surface area contributed by atoms with E-state index in [1.165, 1.54) is 5.56 Å². The minimum Gasteiger partial charge on any atom is -0.376 e. The van der Waals surface area contributed by atoms with Gasteiger partial charge in [-0.1, -0.05) is 64.5 Å². The fourth-order valence-electron chi connectivity index (χ4n) is 4.54. The van der Waals surface area contributed by atoms with Crippen LogP contribution in [-0.4, -0.2) is 22.4 Å². The third kappa shape index (κ3) is 5.92. The zero-order valence-corrected chi connectivity index (χ0v) is 19.3. The molecule has 0 amide bonds. The molecule has 0 radical (unpaired) electrons. The number of benzene rings is 2. The van der Waals surface area contributed by atoms with E-state index in [1.54, 1.807) is 6.33 Å². The maximum atomic E-state index is 13.2. The van der Waals surface area contributed by atoms with E-state index >= 15 is 0 Å². The minimum absolute atomic E-state index is 0.00231. The zero-order valence-electron chi connectivity index (χ0n) is 17.7. The van der Waals surface area contributed by atoms with Crippen molar-refractivity contribution in [3.8, 4) is 0 Å². The number of halogens is 1. The number of carbonyl (C=O) groups is 1. The standard InChI is InChI=1S/C26H29BrN2O2/c27-24-9-5-4-8-22(24)23(25-15-28-18-29-25)14-26(30)21-12-10-20(11-13-21)17-31-16-19-6-2-1-3-7-19/h1-9,15,18,20-21,23H,10-14,16-17H2,(H,28,29). The minimum atomic E-state index is -0.00231. The Labute approximate surface area is 192 Å². The number of aromatic amines is 1. The summed E-state index contributed by atoms with van der Waals surface area (Å²) in [6.07, 6.45) is 8.07. The Kier molecular flexibility index (Phi) is 7.71. The number of H-pyrrole nitrogens is 1. The van der Waals surface area contributed by atoms with Gasteiger partial charge in [-0.3, -0.25) is 4.79 Å². The molecule has 5 heteroatoms. The SMILES string of the molecule is O=C(CC(c1cnc[nH]1)c1ccccc1Br)C1CCC(COCc2ccccc2)CC1. The Morgan fingerprint density at radius 2 is 1.81 bits per heavy atom. The maximum Gasteiger partial charge on any atom is 0.136 e. The molecule has 0 aliphatic heterocycles. The van der Waals surface area contributed by atoms with Crippen LogP contribution >= 0.6 is 15.9 Å². The smallest absolute Gasteiger partial charge is 0.136 e. The third-order valence-corrected chi connectivity index (χ3v) is 7.07. The van der Waals surface area contributed by atoms with E-state index < -0.39 is 0 Å². The van der Waals surface area contributed by atoms with Crippen molar-refractivity contribution in [2.45, 2.75) is 44.6 Å². The fourth-order valence-corrected chi connectivity index (χ4v) is 5.10. The van der Waals surface area contributed by atoms with Gasteiger partial charge >= 0.3 is 0 Å². The Bertz CT molecular complexity index is 951. The van der Waals surface area contributed by atoms with Crippen molar-refractivity contribution in [1.82, 2.24) is 9.97 Å². The van der Waals surface area contributed by atoms with E-state index in [9.17, 15) is 4.79 Å². The van der Waals surface area contributed by atoms with Crippen LogP contribution in [0.5, 0.6) is 0 Å². The largest absolute Gasteiger partial charge is 0.376 e. The molecule has 1 heterocycles. The first kappa shape index (κ1) is 22.0. The van der Waals surface area contributed by atoms with Gasteiger partial charge in [0.1, 0.15) is 5.78 Å². The highest BCUT2D eigenvalue weighted by molar-refractivity contribution is 9.10. The molecule has 1 unspecified atom stereocenters. The summed E-state index contributed by atoms with van der Waals surface area (Å²) in [5, 5.41) is 0. The molecule has 1 N–H and O–H groups in total. The lowest BCUT2D eigenvalue weighted by Crippen LogP contribution is -2.25. The van der Waals surface area contributed by atoms with E-state index in [0.717, 1.165) is 48.0 Å².